The molecule has 2 aliphatic rings. The van der Waals surface area contributed by atoms with Crippen LogP contribution in [-0.4, -0.2) is 0 Å². The van der Waals surface area contributed by atoms with Gasteiger partial charge in [0.05, 0.1) is 0 Å². The molecule has 0 saturated heterocycles. The van der Waals surface area contributed by atoms with Crippen molar-refractivity contribution in [3.63, 3.8) is 0 Å². The van der Waals surface area contributed by atoms with Crippen LogP contribution in [0, 0.1) is 6.08 Å². The SMILES string of the molecule is CC1=CC2=[C-]c3ccccc3C(Br)C2=C1.[Cl-].[Cl-].[Cl-].[Zr+4]. The van der Waals surface area contributed by atoms with Gasteiger partial charge in [-0.3, -0.25) is 0 Å². The van der Waals surface area contributed by atoms with Crippen molar-refractivity contribution in [3.05, 3.63) is 70.3 Å². The topological polar surface area (TPSA) is 0 Å². The van der Waals surface area contributed by atoms with Crippen molar-refractivity contribution in [2.75, 3.05) is 0 Å². The van der Waals surface area contributed by atoms with Gasteiger partial charge in [0.2, 0.25) is 0 Å². The summed E-state index contributed by atoms with van der Waals surface area (Å²) in [6.45, 7) is 2.13. The number of hydrogen-bond acceptors (Lipinski definition) is 0. The Balaban J connectivity index is 0. The Labute approximate surface area is 160 Å². The molecular weight excluding hydrogens is 446 g/mol. The number of halogens is 4. The van der Waals surface area contributed by atoms with Crippen LogP contribution in [-0.2, 0) is 26.2 Å². The third kappa shape index (κ3) is 4.08. The van der Waals surface area contributed by atoms with Gasteiger partial charge in [-0.15, -0.1) is 29.4 Å². The van der Waals surface area contributed by atoms with E-state index in [0.717, 1.165) is 0 Å². The molecule has 3 rings (SSSR count). The average Bonchev–Trinajstić information content (AvgIpc) is 2.59. The van der Waals surface area contributed by atoms with Gasteiger partial charge in [0.1, 0.15) is 0 Å². The van der Waals surface area contributed by atoms with Gasteiger partial charge in [0.25, 0.3) is 0 Å². The van der Waals surface area contributed by atoms with Crippen LogP contribution in [0.4, 0.5) is 0 Å². The van der Waals surface area contributed by atoms with Crippen LogP contribution >= 0.6 is 15.9 Å². The second kappa shape index (κ2) is 8.85. The molecular formula is C14H10BrCl3Zr. The van der Waals surface area contributed by atoms with Gasteiger partial charge >= 0.3 is 26.2 Å². The number of rotatable bonds is 0. The first kappa shape index (κ1) is 22.0. The van der Waals surface area contributed by atoms with Gasteiger partial charge in [0, 0.05) is 4.83 Å². The maximum atomic E-state index is 3.76. The number of alkyl halides is 1. The number of allylic oxidation sites excluding steroid dienone is 5. The summed E-state index contributed by atoms with van der Waals surface area (Å²) >= 11 is 3.76. The standard InChI is InChI=1S/C14H10Br.3ClH.Zr/c1-9-6-11-8-10-4-2-3-5-12(10)14(15)13(11)7-9;;;;/h2-7,14H,1H3;3*1H;/q-1;;;;+4/p-3. The van der Waals surface area contributed by atoms with E-state index in [1.54, 1.807) is 0 Å². The van der Waals surface area contributed by atoms with Crippen LogP contribution in [0.3, 0.4) is 0 Å². The molecule has 0 nitrogen and oxygen atoms in total. The average molecular weight is 456 g/mol. The van der Waals surface area contributed by atoms with E-state index in [4.69, 9.17) is 0 Å². The molecule has 0 spiro atoms. The summed E-state index contributed by atoms with van der Waals surface area (Å²) in [5, 5.41) is 0. The Morgan fingerprint density at radius 3 is 2.37 bits per heavy atom. The first-order valence-corrected chi connectivity index (χ1v) is 5.94. The number of hydrogen-bond donors (Lipinski definition) is 0. The molecule has 2 aliphatic carbocycles. The summed E-state index contributed by atoms with van der Waals surface area (Å²) in [6.07, 6.45) is 7.89. The Bertz CT molecular complexity index is 535. The molecule has 1 aromatic carbocycles. The third-order valence-electron chi connectivity index (χ3n) is 2.84. The molecule has 0 bridgehead atoms. The van der Waals surface area contributed by atoms with E-state index < -0.39 is 0 Å². The minimum Gasteiger partial charge on any atom is -1.00 e. The molecule has 1 atom stereocenters. The van der Waals surface area contributed by atoms with Gasteiger partial charge < -0.3 is 37.2 Å². The Morgan fingerprint density at radius 2 is 1.68 bits per heavy atom. The van der Waals surface area contributed by atoms with E-state index in [-0.39, 0.29) is 63.4 Å². The Morgan fingerprint density at radius 1 is 1.05 bits per heavy atom. The van der Waals surface area contributed by atoms with Gasteiger partial charge in [-0.05, 0) is 6.92 Å². The molecule has 0 saturated carbocycles. The molecule has 1 aromatic rings. The minimum absolute atomic E-state index is 0. The zero-order valence-electron chi connectivity index (χ0n) is 10.1. The largest absolute Gasteiger partial charge is 4.00 e. The maximum absolute atomic E-state index is 3.76. The molecule has 0 N–H and O–H groups in total. The Hall–Kier alpha value is 0.673. The van der Waals surface area contributed by atoms with Crippen LogP contribution in [0.15, 0.2) is 53.1 Å². The summed E-state index contributed by atoms with van der Waals surface area (Å²) in [6, 6.07) is 8.42. The first-order valence-electron chi connectivity index (χ1n) is 5.03. The number of benzene rings is 1. The smallest absolute Gasteiger partial charge is 1.00 e. The Kier molecular flexibility index (Phi) is 10.2. The quantitative estimate of drug-likeness (QED) is 0.272. The van der Waals surface area contributed by atoms with Crippen molar-refractivity contribution in [2.45, 2.75) is 11.8 Å². The van der Waals surface area contributed by atoms with Crippen molar-refractivity contribution in [1.29, 1.82) is 0 Å². The molecule has 0 radical (unpaired) electrons. The van der Waals surface area contributed by atoms with Gasteiger partial charge in [0.15, 0.2) is 0 Å². The molecule has 0 aliphatic heterocycles. The maximum Gasteiger partial charge on any atom is 4.00 e. The third-order valence-corrected chi connectivity index (χ3v) is 3.83. The van der Waals surface area contributed by atoms with Gasteiger partial charge in [-0.2, -0.15) is 0 Å². The molecule has 0 fully saturated rings. The first-order chi connectivity index (χ1) is 7.25. The van der Waals surface area contributed by atoms with E-state index in [9.17, 15) is 0 Å². The van der Waals surface area contributed by atoms with Crippen LogP contribution in [0.25, 0.3) is 0 Å². The monoisotopic (exact) mass is 452 g/mol. The van der Waals surface area contributed by atoms with Crippen molar-refractivity contribution in [2.24, 2.45) is 0 Å². The zero-order valence-corrected chi connectivity index (χ0v) is 16.4. The summed E-state index contributed by atoms with van der Waals surface area (Å²) in [7, 11) is 0. The van der Waals surface area contributed by atoms with Crippen LogP contribution in [0.1, 0.15) is 22.9 Å². The van der Waals surface area contributed by atoms with E-state index in [1.807, 2.05) is 0 Å². The fraction of sp³-hybridized carbons (Fsp3) is 0.143. The summed E-state index contributed by atoms with van der Waals surface area (Å²) in [5.41, 5.74) is 6.40. The fourth-order valence-corrected chi connectivity index (χ4v) is 2.92. The minimum atomic E-state index is 0. The zero-order chi connectivity index (χ0) is 10.4. The normalized spacial score (nSPS) is 17.8. The molecule has 5 heteroatoms. The summed E-state index contributed by atoms with van der Waals surface area (Å²) in [4.78, 5) is 0.318. The molecule has 0 amide bonds. The predicted octanol–water partition coefficient (Wildman–Crippen LogP) is -4.89. The molecule has 0 aromatic heterocycles. The molecule has 19 heavy (non-hydrogen) atoms. The molecule has 0 heterocycles. The summed E-state index contributed by atoms with van der Waals surface area (Å²) < 4.78 is 0. The van der Waals surface area contributed by atoms with Crippen molar-refractivity contribution < 1.29 is 63.4 Å². The van der Waals surface area contributed by atoms with E-state index in [1.165, 1.54) is 27.8 Å². The van der Waals surface area contributed by atoms with Crippen molar-refractivity contribution >= 4 is 15.9 Å². The number of fused-ring (bicyclic) bond motifs is 2. The van der Waals surface area contributed by atoms with Crippen LogP contribution in [0.2, 0.25) is 0 Å². The second-order valence-corrected chi connectivity index (χ2v) is 4.89. The van der Waals surface area contributed by atoms with Gasteiger partial charge in [-0.1, -0.05) is 56.9 Å². The molecule has 98 valence electrons. The second-order valence-electron chi connectivity index (χ2n) is 3.98. The predicted molar refractivity (Wildman–Crippen MR) is 65.8 cm³/mol. The molecule has 1 unspecified atom stereocenters. The van der Waals surface area contributed by atoms with Crippen LogP contribution < -0.4 is 37.2 Å². The van der Waals surface area contributed by atoms with Crippen LogP contribution in [0.5, 0.6) is 0 Å². The van der Waals surface area contributed by atoms with Gasteiger partial charge in [-0.25, -0.2) is 0 Å². The van der Waals surface area contributed by atoms with E-state index >= 15 is 0 Å². The fourth-order valence-electron chi connectivity index (χ4n) is 2.14. The van der Waals surface area contributed by atoms with Crippen molar-refractivity contribution in [1.82, 2.24) is 0 Å². The van der Waals surface area contributed by atoms with Crippen molar-refractivity contribution in [3.8, 4) is 0 Å². The van der Waals surface area contributed by atoms with E-state index in [0.29, 0.717) is 4.83 Å². The summed E-state index contributed by atoms with van der Waals surface area (Å²) in [5.74, 6) is 0. The van der Waals surface area contributed by atoms with E-state index in [2.05, 4.69) is 65.3 Å².